The standard InChI is InChI=1S/C17H17NO4/c1-21-16(19)10-11-18-17(20)13-6-5-9-15(12-13)22-14-7-3-2-4-8-14/h2-9,12H,10-11H2,1H3,(H,18,20). The molecule has 0 unspecified atom stereocenters. The highest BCUT2D eigenvalue weighted by Gasteiger charge is 2.08. The molecule has 2 aromatic rings. The maximum absolute atomic E-state index is 12.0. The lowest BCUT2D eigenvalue weighted by Crippen LogP contribution is -2.26. The molecule has 0 aliphatic rings. The van der Waals surface area contributed by atoms with Crippen molar-refractivity contribution >= 4 is 11.9 Å². The summed E-state index contributed by atoms with van der Waals surface area (Å²) in [7, 11) is 1.31. The van der Waals surface area contributed by atoms with Crippen molar-refractivity contribution in [3.8, 4) is 11.5 Å². The van der Waals surface area contributed by atoms with E-state index >= 15 is 0 Å². The van der Waals surface area contributed by atoms with Gasteiger partial charge in [0, 0.05) is 12.1 Å². The van der Waals surface area contributed by atoms with Crippen molar-refractivity contribution in [2.75, 3.05) is 13.7 Å². The van der Waals surface area contributed by atoms with E-state index in [1.807, 2.05) is 30.3 Å². The van der Waals surface area contributed by atoms with Crippen molar-refractivity contribution < 1.29 is 19.1 Å². The Hall–Kier alpha value is -2.82. The van der Waals surface area contributed by atoms with E-state index in [-0.39, 0.29) is 24.8 Å². The van der Waals surface area contributed by atoms with Gasteiger partial charge in [-0.15, -0.1) is 0 Å². The number of carbonyl (C=O) groups excluding carboxylic acids is 2. The van der Waals surface area contributed by atoms with Gasteiger partial charge >= 0.3 is 5.97 Å². The van der Waals surface area contributed by atoms with Crippen molar-refractivity contribution in [1.29, 1.82) is 0 Å². The molecule has 2 rings (SSSR count). The van der Waals surface area contributed by atoms with Crippen LogP contribution in [0.1, 0.15) is 16.8 Å². The van der Waals surface area contributed by atoms with Crippen molar-refractivity contribution in [3.63, 3.8) is 0 Å². The second-order valence-corrected chi connectivity index (χ2v) is 4.52. The number of hydrogen-bond donors (Lipinski definition) is 1. The lowest BCUT2D eigenvalue weighted by Gasteiger charge is -2.08. The molecule has 0 aromatic heterocycles. The van der Waals surface area contributed by atoms with Crippen LogP contribution in [0, 0.1) is 0 Å². The van der Waals surface area contributed by atoms with Gasteiger partial charge in [-0.2, -0.15) is 0 Å². The summed E-state index contributed by atoms with van der Waals surface area (Å²) in [4.78, 5) is 23.0. The monoisotopic (exact) mass is 299 g/mol. The molecule has 2 aromatic carbocycles. The lowest BCUT2D eigenvalue weighted by atomic mass is 10.2. The molecule has 0 atom stereocenters. The number of esters is 1. The second kappa shape index (κ2) is 7.83. The molecule has 1 amide bonds. The first-order valence-electron chi connectivity index (χ1n) is 6.87. The van der Waals surface area contributed by atoms with Crippen LogP contribution >= 0.6 is 0 Å². The Morgan fingerprint density at radius 3 is 2.45 bits per heavy atom. The molecule has 5 heteroatoms. The summed E-state index contributed by atoms with van der Waals surface area (Å²) >= 11 is 0. The lowest BCUT2D eigenvalue weighted by molar-refractivity contribution is -0.140. The average molecular weight is 299 g/mol. The first kappa shape index (κ1) is 15.6. The highest BCUT2D eigenvalue weighted by atomic mass is 16.5. The van der Waals surface area contributed by atoms with Gasteiger partial charge in [0.25, 0.3) is 5.91 Å². The van der Waals surface area contributed by atoms with E-state index in [9.17, 15) is 9.59 Å². The summed E-state index contributed by atoms with van der Waals surface area (Å²) in [6.45, 7) is 0.231. The van der Waals surface area contributed by atoms with Gasteiger partial charge in [0.15, 0.2) is 0 Å². The van der Waals surface area contributed by atoms with Crippen LogP contribution in [0.25, 0.3) is 0 Å². The summed E-state index contributed by atoms with van der Waals surface area (Å²) in [6.07, 6.45) is 0.141. The quantitative estimate of drug-likeness (QED) is 0.833. The van der Waals surface area contributed by atoms with Crippen LogP contribution in [0.2, 0.25) is 0 Å². The molecule has 0 spiro atoms. The third kappa shape index (κ3) is 4.63. The highest BCUT2D eigenvalue weighted by Crippen LogP contribution is 2.21. The predicted octanol–water partition coefficient (Wildman–Crippen LogP) is 2.77. The predicted molar refractivity (Wildman–Crippen MR) is 81.9 cm³/mol. The Bertz CT molecular complexity index is 640. The SMILES string of the molecule is COC(=O)CCNC(=O)c1cccc(Oc2ccccc2)c1. The Morgan fingerprint density at radius 2 is 1.73 bits per heavy atom. The van der Waals surface area contributed by atoms with E-state index in [1.165, 1.54) is 7.11 Å². The summed E-state index contributed by atoms with van der Waals surface area (Å²) in [6, 6.07) is 16.2. The third-order valence-corrected chi connectivity index (χ3v) is 2.92. The fourth-order valence-corrected chi connectivity index (χ4v) is 1.81. The Kier molecular flexibility index (Phi) is 5.54. The molecule has 0 bridgehead atoms. The number of methoxy groups -OCH3 is 1. The fourth-order valence-electron chi connectivity index (χ4n) is 1.81. The number of hydrogen-bond acceptors (Lipinski definition) is 4. The molecule has 0 aliphatic heterocycles. The smallest absolute Gasteiger partial charge is 0.307 e. The first-order chi connectivity index (χ1) is 10.7. The Balaban J connectivity index is 1.96. The van der Waals surface area contributed by atoms with Gasteiger partial charge in [-0.3, -0.25) is 9.59 Å². The summed E-state index contributed by atoms with van der Waals surface area (Å²) in [5.41, 5.74) is 0.471. The largest absolute Gasteiger partial charge is 0.469 e. The van der Waals surface area contributed by atoms with Crippen molar-refractivity contribution in [2.24, 2.45) is 0 Å². The number of ether oxygens (including phenoxy) is 2. The first-order valence-corrected chi connectivity index (χ1v) is 6.87. The fraction of sp³-hybridized carbons (Fsp3) is 0.176. The average Bonchev–Trinajstić information content (AvgIpc) is 2.55. The maximum atomic E-state index is 12.0. The van der Waals surface area contributed by atoms with Gasteiger partial charge in [-0.1, -0.05) is 24.3 Å². The topological polar surface area (TPSA) is 64.6 Å². The molecular formula is C17H17NO4. The van der Waals surface area contributed by atoms with E-state index in [0.717, 1.165) is 0 Å². The van der Waals surface area contributed by atoms with E-state index in [1.54, 1.807) is 24.3 Å². The molecule has 0 heterocycles. The summed E-state index contributed by atoms with van der Waals surface area (Å²) in [5.74, 6) is 0.654. The van der Waals surface area contributed by atoms with Gasteiger partial charge in [-0.25, -0.2) is 0 Å². The summed E-state index contributed by atoms with van der Waals surface area (Å²) in [5, 5.41) is 2.66. The van der Waals surface area contributed by atoms with Gasteiger partial charge in [0.1, 0.15) is 11.5 Å². The van der Waals surface area contributed by atoms with Crippen LogP contribution in [0.5, 0.6) is 11.5 Å². The number of rotatable bonds is 6. The van der Waals surface area contributed by atoms with Crippen molar-refractivity contribution in [1.82, 2.24) is 5.32 Å². The summed E-state index contributed by atoms with van der Waals surface area (Å²) < 4.78 is 10.2. The number of benzene rings is 2. The zero-order valence-corrected chi connectivity index (χ0v) is 12.2. The van der Waals surface area contributed by atoms with E-state index < -0.39 is 0 Å². The molecular weight excluding hydrogens is 282 g/mol. The maximum Gasteiger partial charge on any atom is 0.307 e. The minimum absolute atomic E-state index is 0.141. The second-order valence-electron chi connectivity index (χ2n) is 4.52. The van der Waals surface area contributed by atoms with Crippen LogP contribution < -0.4 is 10.1 Å². The van der Waals surface area contributed by atoms with Crippen LogP contribution in [-0.2, 0) is 9.53 Å². The zero-order chi connectivity index (χ0) is 15.8. The molecule has 0 saturated heterocycles. The molecule has 0 saturated carbocycles. The van der Waals surface area contributed by atoms with Crippen LogP contribution in [0.15, 0.2) is 54.6 Å². The van der Waals surface area contributed by atoms with E-state index in [0.29, 0.717) is 17.1 Å². The Morgan fingerprint density at radius 1 is 1.00 bits per heavy atom. The molecule has 0 fully saturated rings. The molecule has 0 aliphatic carbocycles. The highest BCUT2D eigenvalue weighted by molar-refractivity contribution is 5.94. The van der Waals surface area contributed by atoms with Crippen molar-refractivity contribution in [2.45, 2.75) is 6.42 Å². The number of para-hydroxylation sites is 1. The molecule has 0 radical (unpaired) electrons. The zero-order valence-electron chi connectivity index (χ0n) is 12.2. The Labute approximate surface area is 128 Å². The van der Waals surface area contributed by atoms with Crippen LogP contribution in [0.3, 0.4) is 0 Å². The molecule has 114 valence electrons. The number of carbonyl (C=O) groups is 2. The van der Waals surface area contributed by atoms with E-state index in [2.05, 4.69) is 10.1 Å². The number of nitrogens with one attached hydrogen (secondary N) is 1. The third-order valence-electron chi connectivity index (χ3n) is 2.92. The molecule has 5 nitrogen and oxygen atoms in total. The minimum atomic E-state index is -0.360. The minimum Gasteiger partial charge on any atom is -0.469 e. The van der Waals surface area contributed by atoms with Gasteiger partial charge in [0.05, 0.1) is 13.5 Å². The normalized spacial score (nSPS) is 9.86. The molecule has 1 N–H and O–H groups in total. The van der Waals surface area contributed by atoms with Crippen LogP contribution in [0.4, 0.5) is 0 Å². The van der Waals surface area contributed by atoms with Gasteiger partial charge in [0.2, 0.25) is 0 Å². The molecule has 22 heavy (non-hydrogen) atoms. The van der Waals surface area contributed by atoms with Crippen molar-refractivity contribution in [3.05, 3.63) is 60.2 Å². The van der Waals surface area contributed by atoms with Crippen LogP contribution in [-0.4, -0.2) is 25.5 Å². The number of amides is 1. The van der Waals surface area contributed by atoms with Gasteiger partial charge in [-0.05, 0) is 30.3 Å². The van der Waals surface area contributed by atoms with E-state index in [4.69, 9.17) is 4.74 Å². The van der Waals surface area contributed by atoms with Gasteiger partial charge < -0.3 is 14.8 Å².